The van der Waals surface area contributed by atoms with Gasteiger partial charge in [-0.3, -0.25) is 9.59 Å². The number of aliphatic hydroxyl groups excluding tert-OH is 2. The summed E-state index contributed by atoms with van der Waals surface area (Å²) in [4.78, 5) is 23.2. The summed E-state index contributed by atoms with van der Waals surface area (Å²) in [7, 11) is 0. The molecule has 0 heterocycles. The number of carboxylic acid groups (broad SMARTS) is 1. The molecule has 0 saturated heterocycles. The van der Waals surface area contributed by atoms with Crippen molar-refractivity contribution in [1.29, 1.82) is 0 Å². The van der Waals surface area contributed by atoms with Gasteiger partial charge in [0.15, 0.2) is 0 Å². The smallest absolute Gasteiger partial charge is 0.308 e. The number of hydrogen-bond donors (Lipinski definition) is 3. The van der Waals surface area contributed by atoms with E-state index in [2.05, 4.69) is 31.7 Å². The molecule has 0 unspecified atom stereocenters. The van der Waals surface area contributed by atoms with E-state index >= 15 is 0 Å². The Bertz CT molecular complexity index is 694. The Balaban J connectivity index is 2.10. The molecule has 168 valence electrons. The predicted octanol–water partition coefficient (Wildman–Crippen LogP) is 3.64. The number of fused-ring (bicyclic) bond motifs is 1. The zero-order valence-electron chi connectivity index (χ0n) is 18.3. The highest BCUT2D eigenvalue weighted by Crippen LogP contribution is 2.44. The van der Waals surface area contributed by atoms with Crippen LogP contribution < -0.4 is 0 Å². The van der Waals surface area contributed by atoms with Crippen LogP contribution in [0.25, 0.3) is 0 Å². The summed E-state index contributed by atoms with van der Waals surface area (Å²) >= 11 is 0. The van der Waals surface area contributed by atoms with Crippen LogP contribution in [0.5, 0.6) is 0 Å². The number of aliphatic carboxylic acids is 1. The normalized spacial score (nSPS) is 28.8. The lowest BCUT2D eigenvalue weighted by molar-refractivity contribution is -0.157. The van der Waals surface area contributed by atoms with Crippen molar-refractivity contribution in [3.63, 3.8) is 0 Å². The van der Waals surface area contributed by atoms with Crippen LogP contribution in [0.2, 0.25) is 0 Å². The Hall–Kier alpha value is -1.92. The van der Waals surface area contributed by atoms with Crippen molar-refractivity contribution >= 4 is 11.9 Å². The molecular weight excluding hydrogens is 384 g/mol. The third-order valence-electron chi connectivity index (χ3n) is 6.42. The topological polar surface area (TPSA) is 104 Å². The molecule has 2 rings (SSSR count). The van der Waals surface area contributed by atoms with Gasteiger partial charge < -0.3 is 20.1 Å². The van der Waals surface area contributed by atoms with E-state index in [-0.39, 0.29) is 48.6 Å². The number of esters is 1. The minimum Gasteiger partial charge on any atom is -0.481 e. The fourth-order valence-corrected chi connectivity index (χ4v) is 4.50. The standard InChI is InChI=1S/C24H36O6/c1-5-15(3)24(29)30-21-11-14(2)10-17-7-6-16(4)20(23(17)21)9-8-18(25)12-19(26)13-22(27)28/h6-7,10,15-16,18-21,23,25-26H,2,5,8-9,11-13H2,1,3-4H3,(H,27,28)/t15-,16-,18+,19+,20-,21-,23-/m0/s1. The lowest BCUT2D eigenvalue weighted by Crippen LogP contribution is -2.40. The molecule has 0 aromatic rings. The third kappa shape index (κ3) is 6.54. The highest BCUT2D eigenvalue weighted by molar-refractivity contribution is 5.72. The maximum Gasteiger partial charge on any atom is 0.308 e. The molecule has 3 N–H and O–H groups in total. The zero-order chi connectivity index (χ0) is 22.4. The Morgan fingerprint density at radius 1 is 1.30 bits per heavy atom. The third-order valence-corrected chi connectivity index (χ3v) is 6.42. The van der Waals surface area contributed by atoms with Crippen molar-refractivity contribution in [2.24, 2.45) is 23.7 Å². The molecule has 0 radical (unpaired) electrons. The largest absolute Gasteiger partial charge is 0.481 e. The van der Waals surface area contributed by atoms with Crippen molar-refractivity contribution in [2.75, 3.05) is 0 Å². The van der Waals surface area contributed by atoms with E-state index in [9.17, 15) is 19.8 Å². The molecule has 2 aliphatic carbocycles. The Morgan fingerprint density at radius 3 is 2.63 bits per heavy atom. The average molecular weight is 421 g/mol. The van der Waals surface area contributed by atoms with Gasteiger partial charge in [-0.25, -0.2) is 0 Å². The summed E-state index contributed by atoms with van der Waals surface area (Å²) in [6.45, 7) is 10.0. The van der Waals surface area contributed by atoms with Crippen LogP contribution in [0, 0.1) is 23.7 Å². The van der Waals surface area contributed by atoms with Gasteiger partial charge in [-0.05, 0) is 43.1 Å². The second-order valence-corrected chi connectivity index (χ2v) is 8.92. The molecule has 2 aliphatic rings. The van der Waals surface area contributed by atoms with Crippen LogP contribution >= 0.6 is 0 Å². The van der Waals surface area contributed by atoms with Crippen molar-refractivity contribution in [3.05, 3.63) is 36.0 Å². The van der Waals surface area contributed by atoms with Gasteiger partial charge in [-0.15, -0.1) is 0 Å². The monoisotopic (exact) mass is 420 g/mol. The van der Waals surface area contributed by atoms with E-state index in [4.69, 9.17) is 9.84 Å². The second kappa shape index (κ2) is 10.9. The van der Waals surface area contributed by atoms with E-state index in [1.165, 1.54) is 0 Å². The first-order chi connectivity index (χ1) is 14.1. The van der Waals surface area contributed by atoms with Gasteiger partial charge in [0, 0.05) is 12.3 Å². The van der Waals surface area contributed by atoms with E-state index in [1.54, 1.807) is 0 Å². The molecule has 0 saturated carbocycles. The Morgan fingerprint density at radius 2 is 2.00 bits per heavy atom. The number of ether oxygens (including phenoxy) is 1. The van der Waals surface area contributed by atoms with Crippen LogP contribution in [0.3, 0.4) is 0 Å². The van der Waals surface area contributed by atoms with Gasteiger partial charge >= 0.3 is 11.9 Å². The number of carbonyl (C=O) groups is 2. The number of allylic oxidation sites excluding steroid dienone is 3. The molecule has 0 spiro atoms. The minimum absolute atomic E-state index is 0.0413. The first-order valence-corrected chi connectivity index (χ1v) is 11.0. The molecule has 0 aliphatic heterocycles. The van der Waals surface area contributed by atoms with Crippen LogP contribution in [0.4, 0.5) is 0 Å². The maximum absolute atomic E-state index is 12.5. The molecule has 6 heteroatoms. The lowest BCUT2D eigenvalue weighted by Gasteiger charge is -2.42. The molecule has 0 fully saturated rings. The van der Waals surface area contributed by atoms with Crippen LogP contribution in [-0.4, -0.2) is 45.6 Å². The summed E-state index contributed by atoms with van der Waals surface area (Å²) in [6.07, 6.45) is 6.35. The lowest BCUT2D eigenvalue weighted by atomic mass is 9.66. The Labute approximate surface area is 179 Å². The van der Waals surface area contributed by atoms with Crippen molar-refractivity contribution < 1.29 is 29.6 Å². The number of carbonyl (C=O) groups excluding carboxylic acids is 1. The number of rotatable bonds is 10. The van der Waals surface area contributed by atoms with Crippen molar-refractivity contribution in [2.45, 2.75) is 77.6 Å². The van der Waals surface area contributed by atoms with E-state index in [0.29, 0.717) is 19.3 Å². The molecule has 0 amide bonds. The van der Waals surface area contributed by atoms with E-state index < -0.39 is 18.2 Å². The number of carboxylic acids is 1. The Kier molecular flexibility index (Phi) is 8.86. The summed E-state index contributed by atoms with van der Waals surface area (Å²) in [5, 5.41) is 28.9. The molecule has 30 heavy (non-hydrogen) atoms. The zero-order valence-corrected chi connectivity index (χ0v) is 18.3. The van der Waals surface area contributed by atoms with E-state index in [0.717, 1.165) is 17.6 Å². The van der Waals surface area contributed by atoms with E-state index in [1.807, 2.05) is 13.8 Å². The molecule has 6 nitrogen and oxygen atoms in total. The van der Waals surface area contributed by atoms with Gasteiger partial charge in [0.2, 0.25) is 0 Å². The van der Waals surface area contributed by atoms with Crippen LogP contribution in [0.15, 0.2) is 36.0 Å². The fraction of sp³-hybridized carbons (Fsp3) is 0.667. The highest BCUT2D eigenvalue weighted by atomic mass is 16.5. The van der Waals surface area contributed by atoms with Crippen LogP contribution in [0.1, 0.15) is 59.3 Å². The van der Waals surface area contributed by atoms with Gasteiger partial charge in [-0.1, -0.05) is 51.2 Å². The number of hydrogen-bond acceptors (Lipinski definition) is 5. The average Bonchev–Trinajstić information content (AvgIpc) is 2.65. The van der Waals surface area contributed by atoms with Gasteiger partial charge in [0.05, 0.1) is 24.5 Å². The second-order valence-electron chi connectivity index (χ2n) is 8.92. The van der Waals surface area contributed by atoms with Gasteiger partial charge in [0.1, 0.15) is 6.10 Å². The molecule has 0 aromatic carbocycles. The summed E-state index contributed by atoms with van der Waals surface area (Å²) < 4.78 is 5.94. The SMILES string of the molecule is C=C1C=C2C=C[C@H](C)[C@H](CC[C@@H](O)C[C@@H](O)CC(=O)O)[C@H]2[C@@H](OC(=O)[C@@H](C)CC)C1. The quantitative estimate of drug-likeness (QED) is 0.466. The summed E-state index contributed by atoms with van der Waals surface area (Å²) in [6, 6.07) is 0. The minimum atomic E-state index is -1.08. The molecule has 0 aromatic heterocycles. The van der Waals surface area contributed by atoms with Crippen LogP contribution in [-0.2, 0) is 14.3 Å². The fourth-order valence-electron chi connectivity index (χ4n) is 4.50. The first kappa shape index (κ1) is 24.4. The van der Waals surface area contributed by atoms with Gasteiger partial charge in [-0.2, -0.15) is 0 Å². The van der Waals surface area contributed by atoms with Gasteiger partial charge in [0.25, 0.3) is 0 Å². The summed E-state index contributed by atoms with van der Waals surface area (Å²) in [5.41, 5.74) is 2.05. The van der Waals surface area contributed by atoms with Crippen molar-refractivity contribution in [3.8, 4) is 0 Å². The maximum atomic E-state index is 12.5. The molecule has 7 atom stereocenters. The van der Waals surface area contributed by atoms with Crippen molar-refractivity contribution in [1.82, 2.24) is 0 Å². The molecule has 0 bridgehead atoms. The molecular formula is C24H36O6. The number of aliphatic hydroxyl groups is 2. The summed E-state index contributed by atoms with van der Waals surface area (Å²) in [5.74, 6) is -0.951. The first-order valence-electron chi connectivity index (χ1n) is 11.0. The highest BCUT2D eigenvalue weighted by Gasteiger charge is 2.41. The predicted molar refractivity (Wildman–Crippen MR) is 115 cm³/mol.